The first-order valence-electron chi connectivity index (χ1n) is 13.0. The van der Waals surface area contributed by atoms with E-state index in [4.69, 9.17) is 0 Å². The SMILES string of the molecule is CC(C)CCCC(C)[C@H]1CC[C@H]2C3=CC[C@]4(C#N)C[C@H](O)CC[C@]4(C)[C@H]3CC[C@]12C. The van der Waals surface area contributed by atoms with Gasteiger partial charge in [-0.25, -0.2) is 0 Å². The van der Waals surface area contributed by atoms with Gasteiger partial charge in [-0.2, -0.15) is 5.26 Å². The van der Waals surface area contributed by atoms with Crippen LogP contribution in [0.15, 0.2) is 11.6 Å². The van der Waals surface area contributed by atoms with E-state index < -0.39 is 0 Å². The molecule has 0 saturated heterocycles. The second-order valence-corrected chi connectivity index (χ2v) is 12.6. The topological polar surface area (TPSA) is 44.0 Å². The molecule has 0 aromatic heterocycles. The summed E-state index contributed by atoms with van der Waals surface area (Å²) in [7, 11) is 0. The summed E-state index contributed by atoms with van der Waals surface area (Å²) in [6, 6.07) is 2.75. The zero-order valence-electron chi connectivity index (χ0n) is 20.2. The average molecular weight is 412 g/mol. The van der Waals surface area contributed by atoms with Crippen molar-refractivity contribution in [1.82, 2.24) is 0 Å². The van der Waals surface area contributed by atoms with Crippen molar-refractivity contribution in [3.63, 3.8) is 0 Å². The van der Waals surface area contributed by atoms with Gasteiger partial charge >= 0.3 is 0 Å². The zero-order valence-corrected chi connectivity index (χ0v) is 20.2. The average Bonchev–Trinajstić information content (AvgIpc) is 3.05. The lowest BCUT2D eigenvalue weighted by Crippen LogP contribution is -2.55. The summed E-state index contributed by atoms with van der Waals surface area (Å²) in [4.78, 5) is 0. The molecule has 0 spiro atoms. The Morgan fingerprint density at radius 2 is 1.83 bits per heavy atom. The van der Waals surface area contributed by atoms with Crippen molar-refractivity contribution in [2.75, 3.05) is 0 Å². The lowest BCUT2D eigenvalue weighted by Gasteiger charge is -2.60. The molecule has 4 rings (SSSR count). The van der Waals surface area contributed by atoms with Crippen LogP contribution >= 0.6 is 0 Å². The van der Waals surface area contributed by atoms with Gasteiger partial charge in [-0.15, -0.1) is 0 Å². The second-order valence-electron chi connectivity index (χ2n) is 12.6. The highest BCUT2D eigenvalue weighted by Gasteiger charge is 2.62. The van der Waals surface area contributed by atoms with Gasteiger partial charge in [0.25, 0.3) is 0 Å². The van der Waals surface area contributed by atoms with E-state index in [-0.39, 0.29) is 16.9 Å². The Balaban J connectivity index is 1.56. The summed E-state index contributed by atoms with van der Waals surface area (Å²) in [5.74, 6) is 3.81. The third-order valence-corrected chi connectivity index (χ3v) is 10.7. The van der Waals surface area contributed by atoms with Crippen LogP contribution in [0.1, 0.15) is 105 Å². The summed E-state index contributed by atoms with van der Waals surface area (Å²) in [5.41, 5.74) is 1.88. The van der Waals surface area contributed by atoms with Crippen LogP contribution < -0.4 is 0 Å². The molecule has 1 unspecified atom stereocenters. The molecule has 168 valence electrons. The van der Waals surface area contributed by atoms with Crippen molar-refractivity contribution in [3.05, 3.63) is 11.6 Å². The van der Waals surface area contributed by atoms with Crippen molar-refractivity contribution in [2.45, 2.75) is 111 Å². The molecule has 0 radical (unpaired) electrons. The van der Waals surface area contributed by atoms with E-state index in [0.717, 1.165) is 42.9 Å². The van der Waals surface area contributed by atoms with Crippen LogP contribution in [-0.4, -0.2) is 11.2 Å². The largest absolute Gasteiger partial charge is 0.393 e. The summed E-state index contributed by atoms with van der Waals surface area (Å²) in [5, 5.41) is 20.6. The van der Waals surface area contributed by atoms with E-state index in [0.29, 0.717) is 17.8 Å². The molecule has 2 heteroatoms. The van der Waals surface area contributed by atoms with Gasteiger partial charge < -0.3 is 5.11 Å². The Labute approximate surface area is 185 Å². The molecule has 0 bridgehead atoms. The first-order chi connectivity index (χ1) is 14.2. The quantitative estimate of drug-likeness (QED) is 0.483. The number of allylic oxidation sites excluding steroid dienone is 2. The van der Waals surface area contributed by atoms with E-state index in [1.165, 1.54) is 44.9 Å². The fourth-order valence-corrected chi connectivity index (χ4v) is 8.77. The second kappa shape index (κ2) is 7.95. The van der Waals surface area contributed by atoms with Gasteiger partial charge in [-0.05, 0) is 91.8 Å². The van der Waals surface area contributed by atoms with Crippen molar-refractivity contribution >= 4 is 0 Å². The number of rotatable bonds is 5. The number of nitriles is 1. The highest BCUT2D eigenvalue weighted by molar-refractivity contribution is 5.32. The smallest absolute Gasteiger partial charge is 0.0700 e. The van der Waals surface area contributed by atoms with Gasteiger partial charge in [0.05, 0.1) is 17.6 Å². The lowest BCUT2D eigenvalue weighted by atomic mass is 9.43. The molecule has 8 atom stereocenters. The van der Waals surface area contributed by atoms with E-state index in [9.17, 15) is 10.4 Å². The molecule has 0 amide bonds. The van der Waals surface area contributed by atoms with Crippen LogP contribution in [0.2, 0.25) is 0 Å². The minimum absolute atomic E-state index is 0.0490. The maximum Gasteiger partial charge on any atom is 0.0700 e. The minimum Gasteiger partial charge on any atom is -0.393 e. The standard InChI is InChI=1S/C28H45NO/c1-19(2)7-6-8-20(3)23-9-10-24-22-12-16-28(18-29)17-21(30)11-15-27(28,5)25(22)13-14-26(23,24)4/h12,19-21,23-25,30H,6-11,13-17H2,1-5H3/t20?,21-,23-,24+,25+,26-,27-,28-/m1/s1. The monoisotopic (exact) mass is 411 g/mol. The molecule has 3 fully saturated rings. The Hall–Kier alpha value is -0.810. The Morgan fingerprint density at radius 3 is 2.53 bits per heavy atom. The predicted octanol–water partition coefficient (Wildman–Crippen LogP) is 7.28. The summed E-state index contributed by atoms with van der Waals surface area (Å²) in [6.45, 7) is 12.2. The van der Waals surface area contributed by atoms with Gasteiger partial charge in [0.1, 0.15) is 0 Å². The molecule has 4 aliphatic carbocycles. The lowest BCUT2D eigenvalue weighted by molar-refractivity contribution is -0.0775. The first kappa shape index (κ1) is 22.4. The maximum absolute atomic E-state index is 10.4. The number of aliphatic hydroxyl groups excluding tert-OH is 1. The van der Waals surface area contributed by atoms with E-state index in [1.54, 1.807) is 5.57 Å². The predicted molar refractivity (Wildman–Crippen MR) is 124 cm³/mol. The molecule has 0 aliphatic heterocycles. The molecule has 3 saturated carbocycles. The molecular formula is C28H45NO. The highest BCUT2D eigenvalue weighted by Crippen LogP contribution is 2.69. The van der Waals surface area contributed by atoms with Crippen molar-refractivity contribution in [2.24, 2.45) is 45.8 Å². The van der Waals surface area contributed by atoms with Crippen molar-refractivity contribution in [3.8, 4) is 6.07 Å². The molecule has 30 heavy (non-hydrogen) atoms. The highest BCUT2D eigenvalue weighted by atomic mass is 16.3. The molecule has 1 N–H and O–H groups in total. The summed E-state index contributed by atoms with van der Waals surface area (Å²) < 4.78 is 0. The Morgan fingerprint density at radius 1 is 1.07 bits per heavy atom. The summed E-state index contributed by atoms with van der Waals surface area (Å²) >= 11 is 0. The number of aliphatic hydroxyl groups is 1. The Bertz CT molecular complexity index is 719. The van der Waals surface area contributed by atoms with Crippen LogP contribution in [0, 0.1) is 57.2 Å². The molecule has 2 nitrogen and oxygen atoms in total. The number of hydrogen-bond acceptors (Lipinski definition) is 2. The van der Waals surface area contributed by atoms with E-state index in [1.807, 2.05) is 0 Å². The van der Waals surface area contributed by atoms with Gasteiger partial charge in [0, 0.05) is 0 Å². The van der Waals surface area contributed by atoms with Crippen LogP contribution in [0.5, 0.6) is 0 Å². The first-order valence-corrected chi connectivity index (χ1v) is 13.0. The number of nitrogens with zero attached hydrogens (tertiary/aromatic N) is 1. The summed E-state index contributed by atoms with van der Waals surface area (Å²) in [6.07, 6.45) is 15.1. The maximum atomic E-state index is 10.4. The van der Waals surface area contributed by atoms with Gasteiger partial charge in [-0.3, -0.25) is 0 Å². The van der Waals surface area contributed by atoms with Crippen molar-refractivity contribution < 1.29 is 5.11 Å². The molecule has 0 heterocycles. The van der Waals surface area contributed by atoms with E-state index in [2.05, 4.69) is 46.8 Å². The fourth-order valence-electron chi connectivity index (χ4n) is 8.77. The van der Waals surface area contributed by atoms with Gasteiger partial charge in [-0.1, -0.05) is 65.5 Å². The molecule has 0 aromatic carbocycles. The number of hydrogen-bond donors (Lipinski definition) is 1. The van der Waals surface area contributed by atoms with E-state index >= 15 is 0 Å². The molecular weight excluding hydrogens is 366 g/mol. The Kier molecular flexibility index (Phi) is 5.93. The third kappa shape index (κ3) is 3.30. The molecule has 4 aliphatic rings. The minimum atomic E-state index is -0.352. The van der Waals surface area contributed by atoms with Crippen LogP contribution in [0.25, 0.3) is 0 Å². The van der Waals surface area contributed by atoms with Crippen LogP contribution in [0.3, 0.4) is 0 Å². The number of fused-ring (bicyclic) bond motifs is 5. The molecule has 0 aromatic rings. The van der Waals surface area contributed by atoms with Gasteiger partial charge in [0.2, 0.25) is 0 Å². The fraction of sp³-hybridized carbons (Fsp3) is 0.893. The zero-order chi connectivity index (χ0) is 21.7. The third-order valence-electron chi connectivity index (χ3n) is 10.7. The van der Waals surface area contributed by atoms with Gasteiger partial charge in [0.15, 0.2) is 0 Å². The van der Waals surface area contributed by atoms with Crippen LogP contribution in [0.4, 0.5) is 0 Å². The normalized spacial score (nSPS) is 46.4. The van der Waals surface area contributed by atoms with Crippen molar-refractivity contribution in [1.29, 1.82) is 5.26 Å². The van der Waals surface area contributed by atoms with Crippen LogP contribution in [-0.2, 0) is 0 Å².